The number of anilines is 2. The van der Waals surface area contributed by atoms with Crippen molar-refractivity contribution in [2.45, 2.75) is 13.5 Å². The van der Waals surface area contributed by atoms with E-state index in [2.05, 4.69) is 15.4 Å². The summed E-state index contributed by atoms with van der Waals surface area (Å²) in [5.74, 6) is 8.34. The Morgan fingerprint density at radius 3 is 2.75 bits per heavy atom. The number of hydrogen-bond donors (Lipinski definition) is 2. The standard InChI is InChI=1S/C14H19N5O/c1-10-16-13(18-15)8-14(17-10)19(2)9-11-6-4-5-7-12(11)20-3/h4-8H,9,15H2,1-3H3,(H,16,17,18). The first-order valence-corrected chi connectivity index (χ1v) is 6.29. The number of ether oxygens (including phenoxy) is 1. The molecule has 0 unspecified atom stereocenters. The van der Waals surface area contributed by atoms with Gasteiger partial charge >= 0.3 is 0 Å². The van der Waals surface area contributed by atoms with Gasteiger partial charge in [0.2, 0.25) is 0 Å². The van der Waals surface area contributed by atoms with Crippen LogP contribution < -0.4 is 20.9 Å². The number of benzene rings is 1. The highest BCUT2D eigenvalue weighted by Gasteiger charge is 2.09. The van der Waals surface area contributed by atoms with Gasteiger partial charge in [-0.15, -0.1) is 0 Å². The molecule has 0 fully saturated rings. The van der Waals surface area contributed by atoms with E-state index >= 15 is 0 Å². The van der Waals surface area contributed by atoms with Gasteiger partial charge in [-0.1, -0.05) is 18.2 Å². The van der Waals surface area contributed by atoms with Crippen molar-refractivity contribution in [3.05, 3.63) is 41.7 Å². The Morgan fingerprint density at radius 1 is 1.30 bits per heavy atom. The van der Waals surface area contributed by atoms with Gasteiger partial charge in [-0.25, -0.2) is 15.8 Å². The van der Waals surface area contributed by atoms with Crippen LogP contribution in [0.1, 0.15) is 11.4 Å². The number of hydrazine groups is 1. The molecule has 0 saturated heterocycles. The number of aryl methyl sites for hydroxylation is 1. The summed E-state index contributed by atoms with van der Waals surface area (Å²) in [6.07, 6.45) is 0. The Kier molecular flexibility index (Phi) is 4.37. The van der Waals surface area contributed by atoms with Gasteiger partial charge in [-0.2, -0.15) is 0 Å². The number of nitrogens with zero attached hydrogens (tertiary/aromatic N) is 3. The molecule has 0 aliphatic rings. The minimum Gasteiger partial charge on any atom is -0.496 e. The van der Waals surface area contributed by atoms with Crippen LogP contribution in [0.5, 0.6) is 5.75 Å². The van der Waals surface area contributed by atoms with E-state index in [1.807, 2.05) is 49.2 Å². The lowest BCUT2D eigenvalue weighted by Crippen LogP contribution is -2.20. The van der Waals surface area contributed by atoms with E-state index in [0.717, 1.165) is 17.1 Å². The second kappa shape index (κ2) is 6.21. The molecule has 0 atom stereocenters. The molecule has 0 amide bonds. The highest BCUT2D eigenvalue weighted by Crippen LogP contribution is 2.22. The van der Waals surface area contributed by atoms with Crippen LogP contribution in [0, 0.1) is 6.92 Å². The monoisotopic (exact) mass is 273 g/mol. The first-order valence-electron chi connectivity index (χ1n) is 6.29. The minimum atomic E-state index is 0.597. The highest BCUT2D eigenvalue weighted by atomic mass is 16.5. The van der Waals surface area contributed by atoms with E-state index in [1.54, 1.807) is 7.11 Å². The lowest BCUT2D eigenvalue weighted by Gasteiger charge is -2.20. The number of rotatable bonds is 5. The minimum absolute atomic E-state index is 0.597. The summed E-state index contributed by atoms with van der Waals surface area (Å²) < 4.78 is 5.36. The first-order chi connectivity index (χ1) is 9.63. The van der Waals surface area contributed by atoms with Crippen molar-refractivity contribution in [1.82, 2.24) is 9.97 Å². The summed E-state index contributed by atoms with van der Waals surface area (Å²) >= 11 is 0. The average Bonchev–Trinajstić information content (AvgIpc) is 2.47. The highest BCUT2D eigenvalue weighted by molar-refractivity contribution is 5.49. The fourth-order valence-electron chi connectivity index (χ4n) is 1.99. The molecule has 1 aromatic heterocycles. The summed E-state index contributed by atoms with van der Waals surface area (Å²) in [4.78, 5) is 10.6. The molecule has 0 saturated carbocycles. The van der Waals surface area contributed by atoms with Crippen molar-refractivity contribution in [3.63, 3.8) is 0 Å². The van der Waals surface area contributed by atoms with Crippen molar-refractivity contribution in [3.8, 4) is 5.75 Å². The third-order valence-corrected chi connectivity index (χ3v) is 2.96. The molecule has 106 valence electrons. The maximum atomic E-state index is 5.41. The number of nitrogens with two attached hydrogens (primary N) is 1. The van der Waals surface area contributed by atoms with Gasteiger partial charge in [0, 0.05) is 25.2 Å². The quantitative estimate of drug-likeness (QED) is 0.638. The maximum Gasteiger partial charge on any atom is 0.145 e. The zero-order valence-electron chi connectivity index (χ0n) is 11.9. The fraction of sp³-hybridized carbons (Fsp3) is 0.286. The van der Waals surface area contributed by atoms with E-state index in [-0.39, 0.29) is 0 Å². The first kappa shape index (κ1) is 14.1. The Bertz CT molecular complexity index is 588. The largest absolute Gasteiger partial charge is 0.496 e. The van der Waals surface area contributed by atoms with Crippen LogP contribution in [-0.4, -0.2) is 24.1 Å². The number of aromatic nitrogens is 2. The molecule has 2 aromatic rings. The zero-order valence-corrected chi connectivity index (χ0v) is 11.9. The molecule has 6 heteroatoms. The topological polar surface area (TPSA) is 76.3 Å². The summed E-state index contributed by atoms with van der Waals surface area (Å²) in [5, 5.41) is 0. The van der Waals surface area contributed by atoms with E-state index < -0.39 is 0 Å². The second-order valence-corrected chi connectivity index (χ2v) is 4.47. The van der Waals surface area contributed by atoms with Gasteiger partial charge in [0.05, 0.1) is 7.11 Å². The van der Waals surface area contributed by atoms with E-state index in [1.165, 1.54) is 0 Å². The zero-order chi connectivity index (χ0) is 14.5. The fourth-order valence-corrected chi connectivity index (χ4v) is 1.99. The molecule has 2 rings (SSSR count). The molecule has 0 aliphatic carbocycles. The van der Waals surface area contributed by atoms with Crippen molar-refractivity contribution in [2.75, 3.05) is 24.5 Å². The van der Waals surface area contributed by atoms with Gasteiger partial charge in [-0.05, 0) is 13.0 Å². The average molecular weight is 273 g/mol. The van der Waals surface area contributed by atoms with Gasteiger partial charge in [0.15, 0.2) is 0 Å². The lowest BCUT2D eigenvalue weighted by atomic mass is 10.2. The molecule has 1 heterocycles. The third kappa shape index (κ3) is 3.16. The van der Waals surface area contributed by atoms with E-state index in [0.29, 0.717) is 18.2 Å². The summed E-state index contributed by atoms with van der Waals surface area (Å²) in [6, 6.07) is 9.73. The van der Waals surface area contributed by atoms with Gasteiger partial charge < -0.3 is 15.1 Å². The van der Waals surface area contributed by atoms with E-state index in [9.17, 15) is 0 Å². The van der Waals surface area contributed by atoms with Gasteiger partial charge in [0.25, 0.3) is 0 Å². The van der Waals surface area contributed by atoms with Crippen molar-refractivity contribution in [1.29, 1.82) is 0 Å². The van der Waals surface area contributed by atoms with Crippen LogP contribution in [-0.2, 0) is 6.54 Å². The summed E-state index contributed by atoms with van der Waals surface area (Å²) in [5.41, 5.74) is 3.64. The maximum absolute atomic E-state index is 5.41. The van der Waals surface area contributed by atoms with Crippen molar-refractivity contribution >= 4 is 11.6 Å². The van der Waals surface area contributed by atoms with E-state index in [4.69, 9.17) is 10.6 Å². The molecule has 20 heavy (non-hydrogen) atoms. The molecular weight excluding hydrogens is 254 g/mol. The predicted molar refractivity (Wildman–Crippen MR) is 79.7 cm³/mol. The molecule has 1 aromatic carbocycles. The molecule has 0 spiro atoms. The van der Waals surface area contributed by atoms with Crippen molar-refractivity contribution < 1.29 is 4.74 Å². The molecule has 0 radical (unpaired) electrons. The Hall–Kier alpha value is -2.34. The molecule has 6 nitrogen and oxygen atoms in total. The van der Waals surface area contributed by atoms with Crippen LogP contribution in [0.4, 0.5) is 11.6 Å². The van der Waals surface area contributed by atoms with Crippen LogP contribution in [0.2, 0.25) is 0 Å². The lowest BCUT2D eigenvalue weighted by molar-refractivity contribution is 0.409. The van der Waals surface area contributed by atoms with Crippen molar-refractivity contribution in [2.24, 2.45) is 5.84 Å². The van der Waals surface area contributed by atoms with Gasteiger partial charge in [0.1, 0.15) is 23.2 Å². The molecular formula is C14H19N5O. The van der Waals surface area contributed by atoms with Crippen LogP contribution >= 0.6 is 0 Å². The summed E-state index contributed by atoms with van der Waals surface area (Å²) in [6.45, 7) is 2.52. The molecule has 0 bridgehead atoms. The Balaban J connectivity index is 2.23. The predicted octanol–water partition coefficient (Wildman–Crippen LogP) is 1.72. The SMILES string of the molecule is COc1ccccc1CN(C)c1cc(NN)nc(C)n1. The number of nitrogen functional groups attached to an aromatic ring is 1. The number of nitrogens with one attached hydrogen (secondary N) is 1. The van der Waals surface area contributed by atoms with Crippen LogP contribution in [0.25, 0.3) is 0 Å². The second-order valence-electron chi connectivity index (χ2n) is 4.47. The number of hydrogen-bond acceptors (Lipinski definition) is 6. The molecule has 0 aliphatic heterocycles. The Morgan fingerprint density at radius 2 is 2.05 bits per heavy atom. The molecule has 3 N–H and O–H groups in total. The summed E-state index contributed by atoms with van der Waals surface area (Å²) in [7, 11) is 3.64. The number of methoxy groups -OCH3 is 1. The van der Waals surface area contributed by atoms with Gasteiger partial charge in [-0.3, -0.25) is 0 Å². The number of para-hydroxylation sites is 1. The third-order valence-electron chi connectivity index (χ3n) is 2.96. The van der Waals surface area contributed by atoms with Crippen LogP contribution in [0.3, 0.4) is 0 Å². The Labute approximate surface area is 118 Å². The van der Waals surface area contributed by atoms with Crippen LogP contribution in [0.15, 0.2) is 30.3 Å². The smallest absolute Gasteiger partial charge is 0.145 e. The normalized spacial score (nSPS) is 10.2.